The Morgan fingerprint density at radius 2 is 2.15 bits per heavy atom. The number of thiazole rings is 1. The lowest BCUT2D eigenvalue weighted by molar-refractivity contribution is 0.555. The molecule has 2 rings (SSSR count). The van der Waals surface area contributed by atoms with Crippen molar-refractivity contribution in [2.45, 2.75) is 18.0 Å². The second kappa shape index (κ2) is 6.40. The Bertz CT molecular complexity index is 672. The molecule has 0 radical (unpaired) electrons. The van der Waals surface area contributed by atoms with Gasteiger partial charge >= 0.3 is 0 Å². The molecule has 0 bridgehead atoms. The maximum absolute atomic E-state index is 13.9. The topological polar surface area (TPSA) is 71.1 Å². The van der Waals surface area contributed by atoms with Crippen LogP contribution in [0.3, 0.4) is 0 Å². The zero-order chi connectivity index (χ0) is 14.6. The van der Waals surface area contributed by atoms with Gasteiger partial charge in [-0.3, -0.25) is 0 Å². The van der Waals surface area contributed by atoms with Gasteiger partial charge < -0.3 is 5.32 Å². The lowest BCUT2D eigenvalue weighted by Gasteiger charge is -2.08. The van der Waals surface area contributed by atoms with Gasteiger partial charge in [-0.05, 0) is 24.7 Å². The lowest BCUT2D eigenvalue weighted by Crippen LogP contribution is -2.24. The largest absolute Gasteiger partial charge is 0.316 e. The first kappa shape index (κ1) is 15.0. The molecule has 5 nitrogen and oxygen atoms in total. The summed E-state index contributed by atoms with van der Waals surface area (Å²) in [7, 11) is -2.14. The summed E-state index contributed by atoms with van der Waals surface area (Å²) in [6.45, 7) is 0.529. The fourth-order valence-electron chi connectivity index (χ4n) is 1.65. The standard InChI is InChI=1S/C12H14FN3O2S2/c1-14-7-9-2-3-11(10(13)6-9)20(17,18)16-8-12-15-4-5-19-12/h2-6,14,16H,7-8H2,1H3. The van der Waals surface area contributed by atoms with Gasteiger partial charge in [0, 0.05) is 18.1 Å². The van der Waals surface area contributed by atoms with Gasteiger partial charge in [0.1, 0.15) is 15.7 Å². The van der Waals surface area contributed by atoms with Crippen LogP contribution in [0.25, 0.3) is 0 Å². The quantitative estimate of drug-likeness (QED) is 0.847. The van der Waals surface area contributed by atoms with E-state index in [1.807, 2.05) is 0 Å². The monoisotopic (exact) mass is 315 g/mol. The van der Waals surface area contributed by atoms with E-state index in [4.69, 9.17) is 0 Å². The molecule has 20 heavy (non-hydrogen) atoms. The third-order valence-corrected chi connectivity index (χ3v) is 4.78. The highest BCUT2D eigenvalue weighted by Gasteiger charge is 2.19. The third kappa shape index (κ3) is 3.60. The molecule has 8 heteroatoms. The van der Waals surface area contributed by atoms with Crippen molar-refractivity contribution in [3.63, 3.8) is 0 Å². The summed E-state index contributed by atoms with van der Waals surface area (Å²) < 4.78 is 40.3. The molecular formula is C12H14FN3O2S2. The molecular weight excluding hydrogens is 301 g/mol. The molecule has 0 amide bonds. The fraction of sp³-hybridized carbons (Fsp3) is 0.250. The predicted octanol–water partition coefficient (Wildman–Crippen LogP) is 1.48. The van der Waals surface area contributed by atoms with Gasteiger partial charge in [0.25, 0.3) is 0 Å². The summed E-state index contributed by atoms with van der Waals surface area (Å²) in [5.74, 6) is -0.760. The number of rotatable bonds is 6. The van der Waals surface area contributed by atoms with Gasteiger partial charge in [-0.25, -0.2) is 22.5 Å². The van der Waals surface area contributed by atoms with Crippen molar-refractivity contribution in [1.82, 2.24) is 15.0 Å². The Kier molecular flexibility index (Phi) is 4.81. The van der Waals surface area contributed by atoms with Gasteiger partial charge in [-0.2, -0.15) is 0 Å². The van der Waals surface area contributed by atoms with Crippen LogP contribution in [0.5, 0.6) is 0 Å². The van der Waals surface area contributed by atoms with Gasteiger partial charge in [-0.1, -0.05) is 6.07 Å². The summed E-state index contributed by atoms with van der Waals surface area (Å²) in [6.07, 6.45) is 1.58. The Balaban J connectivity index is 2.16. The Hall–Kier alpha value is -1.35. The molecule has 0 atom stereocenters. The number of nitrogens with zero attached hydrogens (tertiary/aromatic N) is 1. The molecule has 0 saturated carbocycles. The molecule has 0 fully saturated rings. The lowest BCUT2D eigenvalue weighted by atomic mass is 10.2. The minimum absolute atomic E-state index is 0.0533. The molecule has 1 aromatic carbocycles. The summed E-state index contributed by atoms with van der Waals surface area (Å²) in [6, 6.07) is 4.07. The smallest absolute Gasteiger partial charge is 0.243 e. The Morgan fingerprint density at radius 3 is 2.75 bits per heavy atom. The highest BCUT2D eigenvalue weighted by molar-refractivity contribution is 7.89. The van der Waals surface area contributed by atoms with Crippen molar-refractivity contribution >= 4 is 21.4 Å². The fourth-order valence-corrected chi connectivity index (χ4v) is 3.34. The van der Waals surface area contributed by atoms with Crippen molar-refractivity contribution in [3.8, 4) is 0 Å². The normalized spacial score (nSPS) is 11.7. The molecule has 1 aromatic heterocycles. The summed E-state index contributed by atoms with van der Waals surface area (Å²) >= 11 is 1.33. The van der Waals surface area contributed by atoms with Crippen LogP contribution < -0.4 is 10.0 Å². The van der Waals surface area contributed by atoms with E-state index in [-0.39, 0.29) is 11.4 Å². The predicted molar refractivity (Wildman–Crippen MR) is 75.3 cm³/mol. The number of aromatic nitrogens is 1. The molecule has 2 aromatic rings. The van der Waals surface area contributed by atoms with E-state index in [1.165, 1.54) is 23.5 Å². The number of hydrogen-bond donors (Lipinski definition) is 2. The number of sulfonamides is 1. The van der Waals surface area contributed by atoms with Crippen LogP contribution in [0, 0.1) is 5.82 Å². The third-order valence-electron chi connectivity index (χ3n) is 2.56. The van der Waals surface area contributed by atoms with Crippen molar-refractivity contribution < 1.29 is 12.8 Å². The van der Waals surface area contributed by atoms with Gasteiger partial charge in [-0.15, -0.1) is 11.3 Å². The number of hydrogen-bond acceptors (Lipinski definition) is 5. The molecule has 0 aliphatic carbocycles. The zero-order valence-corrected chi connectivity index (χ0v) is 12.4. The Morgan fingerprint density at radius 1 is 1.35 bits per heavy atom. The van der Waals surface area contributed by atoms with Crippen molar-refractivity contribution in [2.24, 2.45) is 0 Å². The van der Waals surface area contributed by atoms with Gasteiger partial charge in [0.15, 0.2) is 0 Å². The van der Waals surface area contributed by atoms with E-state index < -0.39 is 15.8 Å². The molecule has 0 aliphatic rings. The summed E-state index contributed by atoms with van der Waals surface area (Å²) in [4.78, 5) is 3.61. The average molecular weight is 315 g/mol. The average Bonchev–Trinajstić information content (AvgIpc) is 2.90. The highest BCUT2D eigenvalue weighted by Crippen LogP contribution is 2.16. The van der Waals surface area contributed by atoms with Crippen LogP contribution in [0.15, 0.2) is 34.7 Å². The van der Waals surface area contributed by atoms with Crippen LogP contribution in [0.1, 0.15) is 10.6 Å². The zero-order valence-electron chi connectivity index (χ0n) is 10.8. The molecule has 0 spiro atoms. The highest BCUT2D eigenvalue weighted by atomic mass is 32.2. The van der Waals surface area contributed by atoms with Gasteiger partial charge in [0.05, 0.1) is 6.54 Å². The van der Waals surface area contributed by atoms with Crippen LogP contribution in [-0.4, -0.2) is 20.4 Å². The van der Waals surface area contributed by atoms with Crippen molar-refractivity contribution in [2.75, 3.05) is 7.05 Å². The van der Waals surface area contributed by atoms with Crippen LogP contribution in [0.4, 0.5) is 4.39 Å². The SMILES string of the molecule is CNCc1ccc(S(=O)(=O)NCc2nccs2)c(F)c1. The molecule has 0 unspecified atom stereocenters. The van der Waals surface area contributed by atoms with E-state index in [0.717, 1.165) is 0 Å². The minimum Gasteiger partial charge on any atom is -0.316 e. The second-order valence-corrected chi connectivity index (χ2v) is 6.76. The van der Waals surface area contributed by atoms with Crippen molar-refractivity contribution in [1.29, 1.82) is 0 Å². The first-order valence-electron chi connectivity index (χ1n) is 5.84. The summed E-state index contributed by atoms with van der Waals surface area (Å²) in [5, 5.41) is 5.25. The Labute approximate surface area is 120 Å². The summed E-state index contributed by atoms with van der Waals surface area (Å²) in [5.41, 5.74) is 0.684. The maximum Gasteiger partial charge on any atom is 0.243 e. The second-order valence-electron chi connectivity index (χ2n) is 4.05. The van der Waals surface area contributed by atoms with Crippen molar-refractivity contribution in [3.05, 3.63) is 46.2 Å². The van der Waals surface area contributed by atoms with E-state index >= 15 is 0 Å². The van der Waals surface area contributed by atoms with E-state index in [2.05, 4.69) is 15.0 Å². The molecule has 0 saturated heterocycles. The number of halogens is 1. The maximum atomic E-state index is 13.9. The van der Waals surface area contributed by atoms with E-state index in [1.54, 1.807) is 24.7 Å². The van der Waals surface area contributed by atoms with Crippen LogP contribution in [-0.2, 0) is 23.1 Å². The molecule has 0 aliphatic heterocycles. The van der Waals surface area contributed by atoms with Crippen LogP contribution >= 0.6 is 11.3 Å². The molecule has 108 valence electrons. The van der Waals surface area contributed by atoms with E-state index in [9.17, 15) is 12.8 Å². The van der Waals surface area contributed by atoms with E-state index in [0.29, 0.717) is 17.1 Å². The first-order valence-corrected chi connectivity index (χ1v) is 8.20. The van der Waals surface area contributed by atoms with Gasteiger partial charge in [0.2, 0.25) is 10.0 Å². The number of nitrogens with one attached hydrogen (secondary N) is 2. The number of benzene rings is 1. The molecule has 2 N–H and O–H groups in total. The first-order chi connectivity index (χ1) is 9.53. The molecule has 1 heterocycles. The van der Waals surface area contributed by atoms with Crippen LogP contribution in [0.2, 0.25) is 0 Å². The minimum atomic E-state index is -3.88.